The monoisotopic (exact) mass is 273 g/mol. The summed E-state index contributed by atoms with van der Waals surface area (Å²) < 4.78 is 45.9. The molecule has 7 heteroatoms. The van der Waals surface area contributed by atoms with Gasteiger partial charge < -0.3 is 5.73 Å². The lowest BCUT2D eigenvalue weighted by molar-refractivity contribution is 0.603. The number of hydrogen-bond donors (Lipinski definition) is 1. The van der Waals surface area contributed by atoms with Crippen molar-refractivity contribution in [3.8, 4) is 0 Å². The highest BCUT2D eigenvalue weighted by molar-refractivity contribution is 7.95. The second-order valence-electron chi connectivity index (χ2n) is 4.01. The second-order valence-corrected chi connectivity index (χ2v) is 7.92. The van der Waals surface area contributed by atoms with E-state index in [0.717, 1.165) is 11.7 Å². The Labute approximate surface area is 99.8 Å². The summed E-state index contributed by atoms with van der Waals surface area (Å²) in [6.07, 6.45) is 1.06. The molecule has 1 aromatic rings. The number of rotatable bonds is 2. The first kappa shape index (κ1) is 12.1. The summed E-state index contributed by atoms with van der Waals surface area (Å²) >= 11 is 0. The van der Waals surface area contributed by atoms with Crippen molar-refractivity contribution < 1.29 is 16.8 Å². The molecule has 0 bridgehead atoms. The van der Waals surface area contributed by atoms with Crippen LogP contribution in [0, 0.1) is 0 Å². The minimum Gasteiger partial charge on any atom is -0.399 e. The number of nitrogens with two attached hydrogens (primary N) is 1. The van der Waals surface area contributed by atoms with Gasteiger partial charge in [0.05, 0.1) is 10.6 Å². The van der Waals surface area contributed by atoms with Crippen LogP contribution in [0.5, 0.6) is 0 Å². The molecule has 1 aromatic carbocycles. The lowest BCUT2D eigenvalue weighted by atomic mass is 10.1. The van der Waals surface area contributed by atoms with Crippen LogP contribution in [0.25, 0.3) is 5.57 Å². The fourth-order valence-corrected chi connectivity index (χ4v) is 4.13. The highest BCUT2D eigenvalue weighted by Crippen LogP contribution is 2.35. The van der Waals surface area contributed by atoms with E-state index in [4.69, 9.17) is 5.73 Å². The van der Waals surface area contributed by atoms with Crippen LogP contribution >= 0.6 is 0 Å². The summed E-state index contributed by atoms with van der Waals surface area (Å²) in [6, 6.07) is 4.36. The van der Waals surface area contributed by atoms with Gasteiger partial charge in [-0.3, -0.25) is 0 Å². The van der Waals surface area contributed by atoms with Crippen molar-refractivity contribution in [1.82, 2.24) is 0 Å². The summed E-state index contributed by atoms with van der Waals surface area (Å²) in [4.78, 5) is 0.116. The Morgan fingerprint density at radius 1 is 1.29 bits per heavy atom. The summed E-state index contributed by atoms with van der Waals surface area (Å²) in [5.74, 6) is -0.303. The number of nitrogen functional groups attached to an aromatic ring is 1. The Morgan fingerprint density at radius 2 is 1.94 bits per heavy atom. The van der Waals surface area contributed by atoms with Crippen molar-refractivity contribution in [1.29, 1.82) is 0 Å². The molecule has 0 saturated carbocycles. The second kappa shape index (κ2) is 3.58. The highest BCUT2D eigenvalue weighted by atomic mass is 32.2. The first-order chi connectivity index (χ1) is 7.69. The maximum absolute atomic E-state index is 11.7. The number of benzene rings is 1. The zero-order valence-electron chi connectivity index (χ0n) is 9.04. The standard InChI is InChI=1S/C10H11NO4S2/c1-16(12,13)5-7-6-17(14,15)10-3-2-8(11)4-9(7)10/h2-4,6H,5,11H2,1H3. The van der Waals surface area contributed by atoms with Gasteiger partial charge in [0.25, 0.3) is 0 Å². The molecule has 0 fully saturated rings. The summed E-state index contributed by atoms with van der Waals surface area (Å²) in [5.41, 5.74) is 6.63. The zero-order valence-corrected chi connectivity index (χ0v) is 10.7. The van der Waals surface area contributed by atoms with Gasteiger partial charge in [-0.05, 0) is 23.8 Å². The van der Waals surface area contributed by atoms with Crippen molar-refractivity contribution >= 4 is 30.9 Å². The predicted molar refractivity (Wildman–Crippen MR) is 65.7 cm³/mol. The van der Waals surface area contributed by atoms with Crippen LogP contribution in [-0.2, 0) is 19.7 Å². The Kier molecular flexibility index (Phi) is 2.55. The van der Waals surface area contributed by atoms with Gasteiger partial charge in [0.15, 0.2) is 9.84 Å². The number of anilines is 1. The number of sulfone groups is 2. The largest absolute Gasteiger partial charge is 0.399 e. The molecule has 0 aliphatic carbocycles. The molecule has 92 valence electrons. The Bertz CT molecular complexity index is 715. The van der Waals surface area contributed by atoms with Gasteiger partial charge in [0.2, 0.25) is 9.84 Å². The average Bonchev–Trinajstić information content (AvgIpc) is 2.35. The van der Waals surface area contributed by atoms with Crippen LogP contribution in [0.3, 0.4) is 0 Å². The van der Waals surface area contributed by atoms with Gasteiger partial charge in [-0.25, -0.2) is 16.8 Å². The van der Waals surface area contributed by atoms with Gasteiger partial charge in [-0.2, -0.15) is 0 Å². The van der Waals surface area contributed by atoms with E-state index in [9.17, 15) is 16.8 Å². The third-order valence-corrected chi connectivity index (χ3v) is 4.77. The molecule has 1 heterocycles. The van der Waals surface area contributed by atoms with Gasteiger partial charge in [0.1, 0.15) is 0 Å². The van der Waals surface area contributed by atoms with Crippen LogP contribution in [0.2, 0.25) is 0 Å². The molecule has 0 spiro atoms. The smallest absolute Gasteiger partial charge is 0.200 e. The maximum Gasteiger partial charge on any atom is 0.200 e. The molecular weight excluding hydrogens is 262 g/mol. The van der Waals surface area contributed by atoms with Crippen LogP contribution < -0.4 is 5.73 Å². The van der Waals surface area contributed by atoms with Crippen LogP contribution in [0.4, 0.5) is 5.69 Å². The third kappa shape index (κ3) is 2.34. The first-order valence-corrected chi connectivity index (χ1v) is 8.33. The summed E-state index contributed by atoms with van der Waals surface area (Å²) in [7, 11) is -6.81. The van der Waals surface area contributed by atoms with Gasteiger partial charge in [0, 0.05) is 22.9 Å². The molecule has 5 nitrogen and oxygen atoms in total. The molecule has 0 amide bonds. The summed E-state index contributed by atoms with van der Waals surface area (Å²) in [5, 5.41) is 0.998. The third-order valence-electron chi connectivity index (χ3n) is 2.37. The SMILES string of the molecule is CS(=O)(=O)CC1=CS(=O)(=O)c2ccc(N)cc21. The molecule has 1 aliphatic heterocycles. The lowest BCUT2D eigenvalue weighted by Crippen LogP contribution is -2.04. The molecule has 2 N–H and O–H groups in total. The molecular formula is C10H11NO4S2. The molecule has 0 saturated heterocycles. The van der Waals surface area contributed by atoms with E-state index in [0.29, 0.717) is 11.3 Å². The topological polar surface area (TPSA) is 94.3 Å². The van der Waals surface area contributed by atoms with E-state index in [2.05, 4.69) is 0 Å². The first-order valence-electron chi connectivity index (χ1n) is 4.72. The Hall–Kier alpha value is -1.34. The van der Waals surface area contributed by atoms with Crippen molar-refractivity contribution in [3.05, 3.63) is 29.2 Å². The number of fused-ring (bicyclic) bond motifs is 1. The fourth-order valence-electron chi connectivity index (χ4n) is 1.76. The van der Waals surface area contributed by atoms with Crippen LogP contribution in [-0.4, -0.2) is 28.8 Å². The maximum atomic E-state index is 11.7. The van der Waals surface area contributed by atoms with Crippen molar-refractivity contribution in [2.45, 2.75) is 4.90 Å². The van der Waals surface area contributed by atoms with Gasteiger partial charge in [-0.1, -0.05) is 0 Å². The molecule has 0 unspecified atom stereocenters. The summed E-state index contributed by atoms with van der Waals surface area (Å²) in [6.45, 7) is 0. The highest BCUT2D eigenvalue weighted by Gasteiger charge is 2.28. The van der Waals surface area contributed by atoms with E-state index in [1.165, 1.54) is 18.2 Å². The van der Waals surface area contributed by atoms with Gasteiger partial charge >= 0.3 is 0 Å². The quantitative estimate of drug-likeness (QED) is 0.789. The Balaban J connectivity index is 2.64. The molecule has 0 radical (unpaired) electrons. The van der Waals surface area contributed by atoms with E-state index in [1.54, 1.807) is 0 Å². The molecule has 17 heavy (non-hydrogen) atoms. The predicted octanol–water partition coefficient (Wildman–Crippen LogP) is 0.442. The lowest BCUT2D eigenvalue weighted by Gasteiger charge is -2.04. The molecule has 1 aliphatic rings. The van der Waals surface area contributed by atoms with Crippen LogP contribution in [0.1, 0.15) is 5.56 Å². The normalized spacial score (nSPS) is 17.6. The van der Waals surface area contributed by atoms with E-state index in [1.807, 2.05) is 0 Å². The van der Waals surface area contributed by atoms with Crippen molar-refractivity contribution in [2.75, 3.05) is 17.7 Å². The van der Waals surface area contributed by atoms with Crippen LogP contribution in [0.15, 0.2) is 28.5 Å². The van der Waals surface area contributed by atoms with E-state index in [-0.39, 0.29) is 16.2 Å². The minimum atomic E-state index is -3.53. The molecule has 2 rings (SSSR count). The average molecular weight is 273 g/mol. The Morgan fingerprint density at radius 3 is 2.53 bits per heavy atom. The molecule has 0 atom stereocenters. The fraction of sp³-hybridized carbons (Fsp3) is 0.200. The van der Waals surface area contributed by atoms with E-state index >= 15 is 0 Å². The zero-order chi connectivity index (χ0) is 12.8. The van der Waals surface area contributed by atoms with E-state index < -0.39 is 19.7 Å². The minimum absolute atomic E-state index is 0.116. The molecule has 0 aromatic heterocycles. The number of hydrogen-bond acceptors (Lipinski definition) is 5. The van der Waals surface area contributed by atoms with Crippen molar-refractivity contribution in [3.63, 3.8) is 0 Å². The van der Waals surface area contributed by atoms with Crippen molar-refractivity contribution in [2.24, 2.45) is 0 Å². The van der Waals surface area contributed by atoms with Gasteiger partial charge in [-0.15, -0.1) is 0 Å².